The van der Waals surface area contributed by atoms with Gasteiger partial charge in [0.05, 0.1) is 11.6 Å². The van der Waals surface area contributed by atoms with Crippen molar-refractivity contribution in [2.75, 3.05) is 13.7 Å². The van der Waals surface area contributed by atoms with Crippen LogP contribution in [-0.2, 0) is 0 Å². The molecule has 0 heterocycles. The number of nitrogens with one attached hydrogen (secondary N) is 1. The average Bonchev–Trinajstić information content (AvgIpc) is 2.48. The second-order valence-corrected chi connectivity index (χ2v) is 6.13. The van der Waals surface area contributed by atoms with E-state index in [9.17, 15) is 0 Å². The summed E-state index contributed by atoms with van der Waals surface area (Å²) in [6.07, 6.45) is 4.76. The van der Waals surface area contributed by atoms with Crippen LogP contribution in [-0.4, -0.2) is 13.7 Å². The lowest BCUT2D eigenvalue weighted by Gasteiger charge is -2.27. The fraction of sp³-hybridized carbons (Fsp3) is 0.647. The van der Waals surface area contributed by atoms with Crippen molar-refractivity contribution < 1.29 is 4.74 Å². The van der Waals surface area contributed by atoms with E-state index in [4.69, 9.17) is 27.9 Å². The van der Waals surface area contributed by atoms with Crippen LogP contribution < -0.4 is 10.1 Å². The Morgan fingerprint density at radius 2 is 1.86 bits per heavy atom. The molecule has 1 aromatic carbocycles. The van der Waals surface area contributed by atoms with Gasteiger partial charge in [-0.3, -0.25) is 0 Å². The molecule has 0 aliphatic carbocycles. The average molecular weight is 332 g/mol. The lowest BCUT2D eigenvalue weighted by molar-refractivity contribution is 0.334. The predicted octanol–water partition coefficient (Wildman–Crippen LogP) is 5.87. The molecule has 0 saturated carbocycles. The molecule has 0 aromatic heterocycles. The first-order valence-corrected chi connectivity index (χ1v) is 8.63. The molecule has 0 fully saturated rings. The molecule has 120 valence electrons. The van der Waals surface area contributed by atoms with Gasteiger partial charge in [-0.05, 0) is 37.9 Å². The van der Waals surface area contributed by atoms with Crippen LogP contribution in [0.4, 0.5) is 0 Å². The van der Waals surface area contributed by atoms with E-state index in [2.05, 4.69) is 19.2 Å². The Kier molecular flexibility index (Phi) is 8.46. The highest BCUT2D eigenvalue weighted by Crippen LogP contribution is 2.38. The largest absolute Gasteiger partial charge is 0.492 e. The third kappa shape index (κ3) is 5.05. The zero-order valence-electron chi connectivity index (χ0n) is 13.5. The fourth-order valence-electron chi connectivity index (χ4n) is 2.77. The van der Waals surface area contributed by atoms with Crippen molar-refractivity contribution in [3.63, 3.8) is 0 Å². The van der Waals surface area contributed by atoms with Crippen molar-refractivity contribution in [3.8, 4) is 5.75 Å². The number of halogens is 2. The summed E-state index contributed by atoms with van der Waals surface area (Å²) in [7, 11) is 1.99. The van der Waals surface area contributed by atoms with Gasteiger partial charge in [0.1, 0.15) is 5.75 Å². The normalized spacial score (nSPS) is 14.0. The number of hydrogen-bond donors (Lipinski definition) is 1. The highest BCUT2D eigenvalue weighted by molar-refractivity contribution is 6.34. The van der Waals surface area contributed by atoms with Gasteiger partial charge in [0, 0.05) is 17.1 Å². The van der Waals surface area contributed by atoms with Gasteiger partial charge < -0.3 is 10.1 Å². The highest BCUT2D eigenvalue weighted by atomic mass is 35.5. The molecule has 0 spiro atoms. The number of hydrogen-bond acceptors (Lipinski definition) is 2. The Morgan fingerprint density at radius 1 is 1.14 bits per heavy atom. The van der Waals surface area contributed by atoms with Crippen LogP contribution in [0, 0.1) is 5.92 Å². The maximum absolute atomic E-state index is 6.47. The van der Waals surface area contributed by atoms with E-state index >= 15 is 0 Å². The Labute approximate surface area is 139 Å². The first-order chi connectivity index (χ1) is 10.1. The summed E-state index contributed by atoms with van der Waals surface area (Å²) < 4.78 is 5.50. The molecule has 0 amide bonds. The lowest BCUT2D eigenvalue weighted by Crippen LogP contribution is -2.25. The molecule has 1 N–H and O–H groups in total. The molecule has 1 rings (SSSR count). The molecular weight excluding hydrogens is 305 g/mol. The molecule has 0 bridgehead atoms. The quantitative estimate of drug-likeness (QED) is 0.611. The van der Waals surface area contributed by atoms with Crippen LogP contribution in [0.3, 0.4) is 0 Å². The molecule has 2 nitrogen and oxygen atoms in total. The van der Waals surface area contributed by atoms with E-state index in [-0.39, 0.29) is 6.04 Å². The van der Waals surface area contributed by atoms with E-state index in [1.807, 2.05) is 26.1 Å². The first-order valence-electron chi connectivity index (χ1n) is 7.87. The molecule has 2 unspecified atom stereocenters. The second kappa shape index (κ2) is 9.55. The monoisotopic (exact) mass is 331 g/mol. The molecule has 0 aliphatic heterocycles. The topological polar surface area (TPSA) is 21.3 Å². The van der Waals surface area contributed by atoms with Gasteiger partial charge in [0.25, 0.3) is 0 Å². The summed E-state index contributed by atoms with van der Waals surface area (Å²) in [6, 6.07) is 4.01. The molecule has 0 aliphatic rings. The van der Waals surface area contributed by atoms with Crippen molar-refractivity contribution >= 4 is 23.2 Å². The van der Waals surface area contributed by atoms with E-state index < -0.39 is 0 Å². The minimum atomic E-state index is 0.224. The number of rotatable bonds is 9. The smallest absolute Gasteiger partial charge is 0.139 e. The van der Waals surface area contributed by atoms with Crippen molar-refractivity contribution in [2.24, 2.45) is 5.92 Å². The van der Waals surface area contributed by atoms with Crippen molar-refractivity contribution in [3.05, 3.63) is 27.7 Å². The number of benzene rings is 1. The summed E-state index contributed by atoms with van der Waals surface area (Å²) in [5.74, 6) is 1.21. The van der Waals surface area contributed by atoms with Crippen LogP contribution in [0.15, 0.2) is 12.1 Å². The van der Waals surface area contributed by atoms with Crippen molar-refractivity contribution in [1.82, 2.24) is 5.32 Å². The Balaban J connectivity index is 3.06. The summed E-state index contributed by atoms with van der Waals surface area (Å²) in [5.41, 5.74) is 1.07. The minimum absolute atomic E-state index is 0.224. The van der Waals surface area contributed by atoms with Gasteiger partial charge in [-0.15, -0.1) is 0 Å². The van der Waals surface area contributed by atoms with Gasteiger partial charge in [-0.2, -0.15) is 0 Å². The van der Waals surface area contributed by atoms with E-state index in [0.29, 0.717) is 23.3 Å². The zero-order chi connectivity index (χ0) is 15.8. The molecule has 1 aromatic rings. The van der Waals surface area contributed by atoms with Gasteiger partial charge in [0.15, 0.2) is 0 Å². The van der Waals surface area contributed by atoms with E-state index in [1.165, 1.54) is 19.3 Å². The maximum Gasteiger partial charge on any atom is 0.139 e. The highest BCUT2D eigenvalue weighted by Gasteiger charge is 2.23. The van der Waals surface area contributed by atoms with Gasteiger partial charge in [-0.1, -0.05) is 56.3 Å². The fourth-order valence-corrected chi connectivity index (χ4v) is 3.26. The molecule has 0 saturated heterocycles. The number of unbranched alkanes of at least 4 members (excludes halogenated alkanes) is 1. The molecule has 0 radical (unpaired) electrons. The minimum Gasteiger partial charge on any atom is -0.492 e. The Hall–Kier alpha value is -0.440. The van der Waals surface area contributed by atoms with Crippen LogP contribution in [0.25, 0.3) is 0 Å². The standard InChI is InChI=1S/C17H27Cl2NO/c1-5-8-9-12(6-2)17(20-4)13-10-15(19)16(21-7-3)11-14(13)18/h10-12,17,20H,5-9H2,1-4H3. The molecule has 2 atom stereocenters. The van der Waals surface area contributed by atoms with Crippen LogP contribution >= 0.6 is 23.2 Å². The third-order valence-corrected chi connectivity index (χ3v) is 4.54. The molecule has 4 heteroatoms. The summed E-state index contributed by atoms with van der Waals surface area (Å²) in [5, 5.41) is 4.76. The second-order valence-electron chi connectivity index (χ2n) is 5.31. The Bertz CT molecular complexity index is 437. The maximum atomic E-state index is 6.47. The first kappa shape index (κ1) is 18.6. The van der Waals surface area contributed by atoms with E-state index in [0.717, 1.165) is 17.0 Å². The SMILES string of the molecule is CCCCC(CC)C(NC)c1cc(Cl)c(OCC)cc1Cl. The third-order valence-electron chi connectivity index (χ3n) is 3.92. The summed E-state index contributed by atoms with van der Waals surface area (Å²) >= 11 is 12.8. The lowest BCUT2D eigenvalue weighted by atomic mass is 9.87. The van der Waals surface area contributed by atoms with Gasteiger partial charge in [0.2, 0.25) is 0 Å². The predicted molar refractivity (Wildman–Crippen MR) is 92.7 cm³/mol. The molecule has 21 heavy (non-hydrogen) atoms. The van der Waals surface area contributed by atoms with E-state index in [1.54, 1.807) is 0 Å². The van der Waals surface area contributed by atoms with Crippen molar-refractivity contribution in [1.29, 1.82) is 0 Å². The van der Waals surface area contributed by atoms with Gasteiger partial charge in [-0.25, -0.2) is 0 Å². The van der Waals surface area contributed by atoms with Crippen LogP contribution in [0.2, 0.25) is 10.0 Å². The summed E-state index contributed by atoms with van der Waals surface area (Å²) in [6.45, 7) is 6.97. The molecular formula is C17H27Cl2NO. The van der Waals surface area contributed by atoms with Gasteiger partial charge >= 0.3 is 0 Å². The number of ether oxygens (including phenoxy) is 1. The van der Waals surface area contributed by atoms with Crippen molar-refractivity contribution in [2.45, 2.75) is 52.5 Å². The Morgan fingerprint density at radius 3 is 2.38 bits per heavy atom. The van der Waals surface area contributed by atoms with Crippen LogP contribution in [0.1, 0.15) is 58.1 Å². The summed E-state index contributed by atoms with van der Waals surface area (Å²) in [4.78, 5) is 0. The van der Waals surface area contributed by atoms with Crippen LogP contribution in [0.5, 0.6) is 5.75 Å². The zero-order valence-corrected chi connectivity index (χ0v) is 15.0.